The summed E-state index contributed by atoms with van der Waals surface area (Å²) < 4.78 is 4.77. The molecule has 1 aromatic rings. The van der Waals surface area contributed by atoms with Crippen molar-refractivity contribution in [3.8, 4) is 11.8 Å². The molecular formula is C17H21NO2S. The highest BCUT2D eigenvalue weighted by molar-refractivity contribution is 7.98. The zero-order valence-corrected chi connectivity index (χ0v) is 13.2. The van der Waals surface area contributed by atoms with Gasteiger partial charge in [-0.05, 0) is 41.7 Å². The Morgan fingerprint density at radius 2 is 2.29 bits per heavy atom. The molecular weight excluding hydrogens is 282 g/mol. The summed E-state index contributed by atoms with van der Waals surface area (Å²) in [6.07, 6.45) is 2.83. The quantitative estimate of drug-likeness (QED) is 0.648. The molecule has 1 aromatic carbocycles. The van der Waals surface area contributed by atoms with Crippen molar-refractivity contribution in [1.29, 1.82) is 0 Å². The van der Waals surface area contributed by atoms with Crippen molar-refractivity contribution in [2.45, 2.75) is 25.0 Å². The van der Waals surface area contributed by atoms with Crippen LogP contribution in [0.2, 0.25) is 0 Å². The molecule has 2 rings (SSSR count). The summed E-state index contributed by atoms with van der Waals surface area (Å²) in [5.74, 6) is 7.79. The number of carbonyl (C=O) groups excluding carboxylic acids is 1. The number of methoxy groups -OCH3 is 1. The number of nitrogens with two attached hydrogens (primary N) is 1. The molecule has 21 heavy (non-hydrogen) atoms. The SMILES string of the molecule is COC(=O)CC1(CSCc2cccc(C#CCN)c2)CC1. The van der Waals surface area contributed by atoms with E-state index in [9.17, 15) is 4.79 Å². The lowest BCUT2D eigenvalue weighted by Gasteiger charge is -2.13. The van der Waals surface area contributed by atoms with Crippen LogP contribution < -0.4 is 5.73 Å². The third-order valence-electron chi connectivity index (χ3n) is 3.64. The van der Waals surface area contributed by atoms with E-state index in [2.05, 4.69) is 24.0 Å². The van der Waals surface area contributed by atoms with Gasteiger partial charge in [0.15, 0.2) is 0 Å². The Hall–Kier alpha value is -1.44. The highest BCUT2D eigenvalue weighted by Crippen LogP contribution is 2.51. The second-order valence-corrected chi connectivity index (χ2v) is 6.44. The number of hydrogen-bond acceptors (Lipinski definition) is 4. The van der Waals surface area contributed by atoms with Gasteiger partial charge in [-0.2, -0.15) is 11.8 Å². The van der Waals surface area contributed by atoms with Crippen LogP contribution in [0.25, 0.3) is 0 Å². The maximum absolute atomic E-state index is 11.4. The van der Waals surface area contributed by atoms with E-state index in [1.165, 1.54) is 12.7 Å². The van der Waals surface area contributed by atoms with E-state index in [1.807, 2.05) is 23.9 Å². The van der Waals surface area contributed by atoms with E-state index >= 15 is 0 Å². The first-order chi connectivity index (χ1) is 10.2. The van der Waals surface area contributed by atoms with Gasteiger partial charge in [0.25, 0.3) is 0 Å². The molecule has 0 spiro atoms. The Bertz CT molecular complexity index is 555. The van der Waals surface area contributed by atoms with Crippen LogP contribution in [0.1, 0.15) is 30.4 Å². The smallest absolute Gasteiger partial charge is 0.306 e. The number of thioether (sulfide) groups is 1. The molecule has 1 aliphatic carbocycles. The zero-order chi connectivity index (χ0) is 15.1. The number of hydrogen-bond donors (Lipinski definition) is 1. The Morgan fingerprint density at radius 1 is 1.48 bits per heavy atom. The fraction of sp³-hybridized carbons (Fsp3) is 0.471. The highest BCUT2D eigenvalue weighted by atomic mass is 32.2. The van der Waals surface area contributed by atoms with Crippen LogP contribution in [-0.2, 0) is 15.3 Å². The van der Waals surface area contributed by atoms with E-state index in [4.69, 9.17) is 10.5 Å². The van der Waals surface area contributed by atoms with Crippen molar-refractivity contribution < 1.29 is 9.53 Å². The molecule has 0 atom stereocenters. The van der Waals surface area contributed by atoms with Crippen LogP contribution in [0.15, 0.2) is 24.3 Å². The lowest BCUT2D eigenvalue weighted by molar-refractivity contribution is -0.141. The monoisotopic (exact) mass is 303 g/mol. The minimum absolute atomic E-state index is 0.0906. The van der Waals surface area contributed by atoms with E-state index < -0.39 is 0 Å². The van der Waals surface area contributed by atoms with Crippen molar-refractivity contribution in [3.05, 3.63) is 35.4 Å². The fourth-order valence-electron chi connectivity index (χ4n) is 2.20. The largest absolute Gasteiger partial charge is 0.469 e. The van der Waals surface area contributed by atoms with Crippen LogP contribution in [0.5, 0.6) is 0 Å². The first-order valence-electron chi connectivity index (χ1n) is 7.10. The van der Waals surface area contributed by atoms with Gasteiger partial charge in [0.05, 0.1) is 20.1 Å². The van der Waals surface area contributed by atoms with Crippen molar-refractivity contribution in [2.75, 3.05) is 19.4 Å². The molecule has 112 valence electrons. The second kappa shape index (κ2) is 7.53. The molecule has 1 fully saturated rings. The van der Waals surface area contributed by atoms with Crippen LogP contribution in [0.3, 0.4) is 0 Å². The molecule has 0 aliphatic heterocycles. The zero-order valence-electron chi connectivity index (χ0n) is 12.4. The molecule has 4 heteroatoms. The molecule has 1 saturated carbocycles. The Morgan fingerprint density at radius 3 is 2.95 bits per heavy atom. The van der Waals surface area contributed by atoms with Gasteiger partial charge in [-0.3, -0.25) is 4.79 Å². The van der Waals surface area contributed by atoms with E-state index in [0.29, 0.717) is 13.0 Å². The number of carbonyl (C=O) groups is 1. The summed E-state index contributed by atoms with van der Waals surface area (Å²) in [6.45, 7) is 0.384. The lowest BCUT2D eigenvalue weighted by atomic mass is 10.1. The van der Waals surface area contributed by atoms with Gasteiger partial charge in [-0.15, -0.1) is 0 Å². The third kappa shape index (κ3) is 5.11. The first-order valence-corrected chi connectivity index (χ1v) is 8.25. The molecule has 0 heterocycles. The topological polar surface area (TPSA) is 52.3 Å². The van der Waals surface area contributed by atoms with Gasteiger partial charge < -0.3 is 10.5 Å². The third-order valence-corrected chi connectivity index (χ3v) is 5.00. The predicted octanol–water partition coefficient (Wildman–Crippen LogP) is 2.57. The minimum atomic E-state index is -0.0906. The Balaban J connectivity index is 1.82. The summed E-state index contributed by atoms with van der Waals surface area (Å²) in [7, 11) is 1.46. The molecule has 2 N–H and O–H groups in total. The van der Waals surface area contributed by atoms with Crippen LogP contribution >= 0.6 is 11.8 Å². The molecule has 0 radical (unpaired) electrons. The number of ether oxygens (including phenoxy) is 1. The summed E-state index contributed by atoms with van der Waals surface area (Å²) in [5, 5.41) is 0. The number of benzene rings is 1. The molecule has 1 aliphatic rings. The molecule has 3 nitrogen and oxygen atoms in total. The first kappa shape index (κ1) is 15.9. The number of rotatable bonds is 6. The van der Waals surface area contributed by atoms with E-state index in [-0.39, 0.29) is 11.4 Å². The van der Waals surface area contributed by atoms with Crippen molar-refractivity contribution in [1.82, 2.24) is 0 Å². The Kier molecular flexibility index (Phi) is 5.72. The standard InChI is InChI=1S/C17H21NO2S/c1-20-16(19)11-17(7-8-17)13-21-12-15-5-2-4-14(10-15)6-3-9-18/h2,4-5,10H,7-9,11-13,18H2,1H3. The highest BCUT2D eigenvalue weighted by Gasteiger charge is 2.44. The average molecular weight is 303 g/mol. The molecule has 0 amide bonds. The van der Waals surface area contributed by atoms with Gasteiger partial charge in [-0.1, -0.05) is 24.0 Å². The number of esters is 1. The van der Waals surface area contributed by atoms with Crippen LogP contribution in [-0.4, -0.2) is 25.4 Å². The summed E-state index contributed by atoms with van der Waals surface area (Å²) >= 11 is 1.88. The average Bonchev–Trinajstić information content (AvgIpc) is 3.25. The second-order valence-electron chi connectivity index (χ2n) is 5.45. The molecule has 0 unspecified atom stereocenters. The summed E-state index contributed by atoms with van der Waals surface area (Å²) in [6, 6.07) is 8.24. The maximum atomic E-state index is 11.4. The van der Waals surface area contributed by atoms with Gasteiger partial charge >= 0.3 is 5.97 Å². The fourth-order valence-corrected chi connectivity index (χ4v) is 3.55. The summed E-state index contributed by atoms with van der Waals surface area (Å²) in [5.41, 5.74) is 7.84. The predicted molar refractivity (Wildman–Crippen MR) is 86.8 cm³/mol. The molecule has 0 aromatic heterocycles. The van der Waals surface area contributed by atoms with Gasteiger partial charge in [0, 0.05) is 11.3 Å². The van der Waals surface area contributed by atoms with Crippen molar-refractivity contribution >= 4 is 17.7 Å². The van der Waals surface area contributed by atoms with E-state index in [1.54, 1.807) is 0 Å². The van der Waals surface area contributed by atoms with Gasteiger partial charge in [-0.25, -0.2) is 0 Å². The van der Waals surface area contributed by atoms with Gasteiger partial charge in [0.1, 0.15) is 0 Å². The normalized spacial score (nSPS) is 15.0. The molecule has 0 bridgehead atoms. The Labute approximate surface area is 130 Å². The van der Waals surface area contributed by atoms with Crippen LogP contribution in [0.4, 0.5) is 0 Å². The van der Waals surface area contributed by atoms with Crippen molar-refractivity contribution in [2.24, 2.45) is 11.1 Å². The maximum Gasteiger partial charge on any atom is 0.306 e. The van der Waals surface area contributed by atoms with Crippen molar-refractivity contribution in [3.63, 3.8) is 0 Å². The minimum Gasteiger partial charge on any atom is -0.469 e. The van der Waals surface area contributed by atoms with E-state index in [0.717, 1.165) is 29.9 Å². The van der Waals surface area contributed by atoms with Gasteiger partial charge in [0.2, 0.25) is 0 Å². The lowest BCUT2D eigenvalue weighted by Crippen LogP contribution is -2.13. The summed E-state index contributed by atoms with van der Waals surface area (Å²) in [4.78, 5) is 11.4. The van der Waals surface area contributed by atoms with Crippen LogP contribution in [0, 0.1) is 17.3 Å². The molecule has 0 saturated heterocycles.